The predicted molar refractivity (Wildman–Crippen MR) is 102 cm³/mol. The van der Waals surface area contributed by atoms with Gasteiger partial charge >= 0.3 is 0 Å². The molecule has 1 saturated heterocycles. The normalized spacial score (nSPS) is 15.1. The average Bonchev–Trinajstić information content (AvgIpc) is 3.12. The number of piperidine rings is 1. The number of aromatic amines is 1. The zero-order valence-corrected chi connectivity index (χ0v) is 15.1. The van der Waals surface area contributed by atoms with Crippen molar-refractivity contribution in [3.63, 3.8) is 0 Å². The number of hydrogen-bond acceptors (Lipinski definition) is 4. The number of para-hydroxylation sites is 1. The second-order valence-corrected chi connectivity index (χ2v) is 6.80. The molecule has 0 bridgehead atoms. The minimum atomic E-state index is -0.466. The summed E-state index contributed by atoms with van der Waals surface area (Å²) in [7, 11) is 0. The number of H-pyrrole nitrogens is 1. The molecule has 0 unspecified atom stereocenters. The summed E-state index contributed by atoms with van der Waals surface area (Å²) in [4.78, 5) is 34.4. The smallest absolute Gasteiger partial charge is 0.295 e. The fourth-order valence-corrected chi connectivity index (χ4v) is 3.45. The summed E-state index contributed by atoms with van der Waals surface area (Å²) < 4.78 is 5.92. The first kappa shape index (κ1) is 17.3. The van der Waals surface area contributed by atoms with Crippen LogP contribution < -0.4 is 4.74 Å². The van der Waals surface area contributed by atoms with E-state index in [1.807, 2.05) is 49.4 Å². The molecule has 4 rings (SSSR count). The number of carbonyl (C=O) groups is 2. The number of ketones is 1. The fourth-order valence-electron chi connectivity index (χ4n) is 3.45. The Kier molecular flexibility index (Phi) is 4.62. The first-order valence-corrected chi connectivity index (χ1v) is 9.12. The number of nitrogens with one attached hydrogen (secondary N) is 1. The number of pyridine rings is 1. The molecule has 0 spiro atoms. The van der Waals surface area contributed by atoms with Gasteiger partial charge in [-0.05, 0) is 19.1 Å². The van der Waals surface area contributed by atoms with Gasteiger partial charge in [0.25, 0.3) is 11.7 Å². The van der Waals surface area contributed by atoms with Gasteiger partial charge in [-0.1, -0.05) is 24.3 Å². The van der Waals surface area contributed by atoms with Crippen molar-refractivity contribution in [2.45, 2.75) is 25.9 Å². The first-order chi connectivity index (χ1) is 13.1. The number of benzene rings is 1. The zero-order chi connectivity index (χ0) is 18.8. The molecule has 6 heteroatoms. The van der Waals surface area contributed by atoms with Crippen LogP contribution >= 0.6 is 0 Å². The van der Waals surface area contributed by atoms with E-state index in [4.69, 9.17) is 4.74 Å². The fraction of sp³-hybridized carbons (Fsp3) is 0.286. The van der Waals surface area contributed by atoms with Gasteiger partial charge in [0.15, 0.2) is 0 Å². The van der Waals surface area contributed by atoms with E-state index in [1.165, 1.54) is 0 Å². The van der Waals surface area contributed by atoms with E-state index in [0.717, 1.165) is 16.6 Å². The van der Waals surface area contributed by atoms with E-state index in [-0.39, 0.29) is 6.10 Å². The Morgan fingerprint density at radius 3 is 2.67 bits per heavy atom. The Morgan fingerprint density at radius 2 is 1.89 bits per heavy atom. The van der Waals surface area contributed by atoms with Crippen LogP contribution in [0.2, 0.25) is 0 Å². The lowest BCUT2D eigenvalue weighted by atomic mass is 10.0. The average molecular weight is 363 g/mol. The van der Waals surface area contributed by atoms with Crippen molar-refractivity contribution in [2.75, 3.05) is 13.1 Å². The molecule has 0 aliphatic carbocycles. The number of nitrogens with zero attached hydrogens (tertiary/aromatic N) is 2. The van der Waals surface area contributed by atoms with Crippen LogP contribution in [-0.4, -0.2) is 45.8 Å². The molecule has 1 aliphatic rings. The molecular weight excluding hydrogens is 342 g/mol. The predicted octanol–water partition coefficient (Wildman–Crippen LogP) is 3.12. The van der Waals surface area contributed by atoms with Crippen molar-refractivity contribution in [3.8, 4) is 5.88 Å². The highest BCUT2D eigenvalue weighted by molar-refractivity contribution is 6.44. The summed E-state index contributed by atoms with van der Waals surface area (Å²) in [6.07, 6.45) is 2.99. The third kappa shape index (κ3) is 3.56. The van der Waals surface area contributed by atoms with Gasteiger partial charge in [-0.15, -0.1) is 0 Å². The lowest BCUT2D eigenvalue weighted by Crippen LogP contribution is -2.44. The minimum absolute atomic E-state index is 0.00606. The molecule has 27 heavy (non-hydrogen) atoms. The van der Waals surface area contributed by atoms with Gasteiger partial charge in [-0.3, -0.25) is 9.59 Å². The zero-order valence-electron chi connectivity index (χ0n) is 15.1. The van der Waals surface area contributed by atoms with Crippen LogP contribution in [0.25, 0.3) is 10.9 Å². The highest BCUT2D eigenvalue weighted by Gasteiger charge is 2.29. The largest absolute Gasteiger partial charge is 0.474 e. The van der Waals surface area contributed by atoms with Crippen LogP contribution in [0.4, 0.5) is 0 Å². The topological polar surface area (TPSA) is 75.3 Å². The Labute approximate surface area is 157 Å². The molecule has 1 aromatic carbocycles. The Morgan fingerprint density at radius 1 is 1.11 bits per heavy atom. The molecule has 1 N–H and O–H groups in total. The molecule has 0 atom stereocenters. The van der Waals surface area contributed by atoms with Gasteiger partial charge in [0.1, 0.15) is 6.10 Å². The molecular formula is C21H21N3O3. The third-order valence-corrected chi connectivity index (χ3v) is 4.91. The first-order valence-electron chi connectivity index (χ1n) is 9.12. The number of aromatic nitrogens is 2. The number of rotatable bonds is 4. The standard InChI is InChI=1S/C21H21N3O3/c1-14-5-4-8-19(23-14)27-15-9-11-24(12-10-15)21(26)20(25)17-13-22-18-7-3-2-6-16(17)18/h2-8,13,15,22H,9-12H2,1H3. The van der Waals surface area contributed by atoms with Crippen LogP contribution in [0, 0.1) is 6.92 Å². The van der Waals surface area contributed by atoms with E-state index in [1.54, 1.807) is 11.1 Å². The maximum Gasteiger partial charge on any atom is 0.295 e. The van der Waals surface area contributed by atoms with Gasteiger partial charge in [-0.25, -0.2) is 4.98 Å². The Bertz CT molecular complexity index is 987. The third-order valence-electron chi connectivity index (χ3n) is 4.91. The summed E-state index contributed by atoms with van der Waals surface area (Å²) in [6.45, 7) is 2.93. The molecule has 3 aromatic rings. The number of hydrogen-bond donors (Lipinski definition) is 1. The summed E-state index contributed by atoms with van der Waals surface area (Å²) in [6, 6.07) is 13.2. The molecule has 1 aliphatic heterocycles. The number of aryl methyl sites for hydroxylation is 1. The van der Waals surface area contributed by atoms with Crippen LogP contribution in [-0.2, 0) is 4.79 Å². The van der Waals surface area contributed by atoms with E-state index >= 15 is 0 Å². The molecule has 0 saturated carbocycles. The Balaban J connectivity index is 1.39. The van der Waals surface area contributed by atoms with Gasteiger partial charge in [-0.2, -0.15) is 0 Å². The van der Waals surface area contributed by atoms with Crippen LogP contribution in [0.15, 0.2) is 48.7 Å². The molecule has 1 amide bonds. The SMILES string of the molecule is Cc1cccc(OC2CCN(C(=O)C(=O)c3c[nH]c4ccccc34)CC2)n1. The quantitative estimate of drug-likeness (QED) is 0.571. The van der Waals surface area contributed by atoms with Gasteiger partial charge in [0.05, 0.1) is 5.56 Å². The summed E-state index contributed by atoms with van der Waals surface area (Å²) in [5.41, 5.74) is 2.19. The van der Waals surface area contributed by atoms with Crippen LogP contribution in [0.5, 0.6) is 5.88 Å². The van der Waals surface area contributed by atoms with Crippen molar-refractivity contribution in [2.24, 2.45) is 0 Å². The maximum atomic E-state index is 12.7. The number of likely N-dealkylation sites (tertiary alicyclic amines) is 1. The number of carbonyl (C=O) groups excluding carboxylic acids is 2. The highest BCUT2D eigenvalue weighted by atomic mass is 16.5. The van der Waals surface area contributed by atoms with Crippen molar-refractivity contribution in [1.82, 2.24) is 14.9 Å². The van der Waals surface area contributed by atoms with Crippen molar-refractivity contribution >= 4 is 22.6 Å². The molecule has 3 heterocycles. The number of ether oxygens (including phenoxy) is 1. The number of fused-ring (bicyclic) bond motifs is 1. The summed E-state index contributed by atoms with van der Waals surface area (Å²) in [5.74, 6) is -0.311. The lowest BCUT2D eigenvalue weighted by Gasteiger charge is -2.31. The molecule has 0 radical (unpaired) electrons. The van der Waals surface area contributed by atoms with E-state index in [2.05, 4.69) is 9.97 Å². The molecule has 6 nitrogen and oxygen atoms in total. The molecule has 2 aromatic heterocycles. The maximum absolute atomic E-state index is 12.7. The second kappa shape index (κ2) is 7.23. The van der Waals surface area contributed by atoms with Crippen molar-refractivity contribution in [1.29, 1.82) is 0 Å². The van der Waals surface area contributed by atoms with E-state index in [0.29, 0.717) is 37.4 Å². The van der Waals surface area contributed by atoms with Gasteiger partial charge in [0.2, 0.25) is 5.88 Å². The molecule has 138 valence electrons. The monoisotopic (exact) mass is 363 g/mol. The van der Waals surface area contributed by atoms with Crippen molar-refractivity contribution in [3.05, 3.63) is 59.9 Å². The summed E-state index contributed by atoms with van der Waals surface area (Å²) >= 11 is 0. The summed E-state index contributed by atoms with van der Waals surface area (Å²) in [5, 5.41) is 0.777. The van der Waals surface area contributed by atoms with Gasteiger partial charge < -0.3 is 14.6 Å². The van der Waals surface area contributed by atoms with Crippen LogP contribution in [0.1, 0.15) is 28.9 Å². The lowest BCUT2D eigenvalue weighted by molar-refractivity contribution is -0.128. The van der Waals surface area contributed by atoms with E-state index in [9.17, 15) is 9.59 Å². The Hall–Kier alpha value is -3.15. The second-order valence-electron chi connectivity index (χ2n) is 6.80. The number of amides is 1. The highest BCUT2D eigenvalue weighted by Crippen LogP contribution is 2.21. The minimum Gasteiger partial charge on any atom is -0.474 e. The number of Topliss-reactive ketones (excluding diaryl/α,β-unsaturated/α-hetero) is 1. The van der Waals surface area contributed by atoms with Crippen LogP contribution in [0.3, 0.4) is 0 Å². The van der Waals surface area contributed by atoms with Gasteiger partial charge in [0, 0.05) is 54.8 Å². The molecule has 1 fully saturated rings. The van der Waals surface area contributed by atoms with Crippen molar-refractivity contribution < 1.29 is 14.3 Å². The van der Waals surface area contributed by atoms with E-state index < -0.39 is 11.7 Å².